The molecule has 1 heterocycles. The first-order chi connectivity index (χ1) is 14.9. The van der Waals surface area contributed by atoms with Gasteiger partial charge in [-0.3, -0.25) is 4.79 Å². The van der Waals surface area contributed by atoms with Crippen molar-refractivity contribution < 1.29 is 13.9 Å². The average molecular weight is 479 g/mol. The summed E-state index contributed by atoms with van der Waals surface area (Å²) >= 11 is 3.44. The topological polar surface area (TPSA) is 64.4 Å². The van der Waals surface area contributed by atoms with Gasteiger partial charge in [-0.25, -0.2) is 4.98 Å². The Morgan fingerprint density at radius 2 is 1.87 bits per heavy atom. The number of carbonyl (C=O) groups is 1. The van der Waals surface area contributed by atoms with Crippen molar-refractivity contribution in [2.75, 3.05) is 11.9 Å². The fourth-order valence-electron chi connectivity index (χ4n) is 3.26. The molecule has 6 heteroatoms. The molecule has 31 heavy (non-hydrogen) atoms. The van der Waals surface area contributed by atoms with Gasteiger partial charge in [0.25, 0.3) is 5.91 Å². The van der Waals surface area contributed by atoms with Crippen LogP contribution in [-0.4, -0.2) is 17.5 Å². The number of amides is 1. The van der Waals surface area contributed by atoms with Crippen molar-refractivity contribution in [1.29, 1.82) is 0 Å². The van der Waals surface area contributed by atoms with Crippen LogP contribution in [0.4, 0.5) is 5.69 Å². The van der Waals surface area contributed by atoms with Gasteiger partial charge >= 0.3 is 0 Å². The van der Waals surface area contributed by atoms with E-state index >= 15 is 0 Å². The second kappa shape index (κ2) is 8.94. The molecule has 0 spiro atoms. The van der Waals surface area contributed by atoms with Crippen molar-refractivity contribution in [2.45, 2.75) is 26.7 Å². The second-order valence-corrected chi connectivity index (χ2v) is 8.36. The lowest BCUT2D eigenvalue weighted by atomic mass is 10.0. The van der Waals surface area contributed by atoms with E-state index < -0.39 is 0 Å². The molecular weight excluding hydrogens is 456 g/mol. The van der Waals surface area contributed by atoms with E-state index in [2.05, 4.69) is 52.2 Å². The van der Waals surface area contributed by atoms with Gasteiger partial charge in [0.15, 0.2) is 5.58 Å². The summed E-state index contributed by atoms with van der Waals surface area (Å²) in [4.78, 5) is 17.3. The van der Waals surface area contributed by atoms with Gasteiger partial charge in [0, 0.05) is 16.8 Å². The largest absolute Gasteiger partial charge is 0.493 e. The normalized spacial score (nSPS) is 11.1. The fourth-order valence-corrected chi connectivity index (χ4v) is 3.75. The first kappa shape index (κ1) is 21.1. The van der Waals surface area contributed by atoms with Crippen LogP contribution in [0.1, 0.15) is 42.6 Å². The first-order valence-corrected chi connectivity index (χ1v) is 11.0. The maximum atomic E-state index is 12.7. The number of hydrogen-bond donors (Lipinski definition) is 1. The number of oxazole rings is 1. The third-order valence-corrected chi connectivity index (χ3v) is 5.58. The molecule has 0 fully saturated rings. The van der Waals surface area contributed by atoms with Gasteiger partial charge in [0.1, 0.15) is 11.3 Å². The molecule has 0 unspecified atom stereocenters. The first-order valence-electron chi connectivity index (χ1n) is 10.2. The van der Waals surface area contributed by atoms with E-state index in [1.54, 1.807) is 24.3 Å². The fraction of sp³-hybridized carbons (Fsp3) is 0.200. The highest BCUT2D eigenvalue weighted by molar-refractivity contribution is 9.10. The molecule has 0 aliphatic carbocycles. The number of aromatic nitrogens is 1. The number of nitrogens with zero attached hydrogens (tertiary/aromatic N) is 1. The molecule has 5 nitrogen and oxygen atoms in total. The van der Waals surface area contributed by atoms with E-state index in [0.717, 1.165) is 10.0 Å². The molecule has 158 valence electrons. The van der Waals surface area contributed by atoms with Gasteiger partial charge in [0.05, 0.1) is 11.1 Å². The minimum Gasteiger partial charge on any atom is -0.493 e. The lowest BCUT2D eigenvalue weighted by Crippen LogP contribution is -2.12. The monoisotopic (exact) mass is 478 g/mol. The Hall–Kier alpha value is -3.12. The summed E-state index contributed by atoms with van der Waals surface area (Å²) in [7, 11) is 0. The zero-order valence-corrected chi connectivity index (χ0v) is 19.2. The Kier molecular flexibility index (Phi) is 6.09. The minimum atomic E-state index is -0.212. The van der Waals surface area contributed by atoms with Crippen LogP contribution >= 0.6 is 15.9 Å². The second-order valence-electron chi connectivity index (χ2n) is 7.51. The van der Waals surface area contributed by atoms with Gasteiger partial charge in [-0.2, -0.15) is 0 Å². The van der Waals surface area contributed by atoms with Crippen molar-refractivity contribution in [3.05, 3.63) is 76.3 Å². The summed E-state index contributed by atoms with van der Waals surface area (Å²) in [6.07, 6.45) is 0. The Balaban J connectivity index is 1.54. The highest BCUT2D eigenvalue weighted by atomic mass is 79.9. The Morgan fingerprint density at radius 3 is 2.55 bits per heavy atom. The van der Waals surface area contributed by atoms with Gasteiger partial charge in [0.2, 0.25) is 5.89 Å². The standard InChI is InChI=1S/C25H23BrN2O3/c1-4-30-22-11-9-18(13-20(22)26)24(29)27-19-10-12-23-21(14-19)28-25(31-23)17-7-5-16(6-8-17)15(2)3/h5-15H,4H2,1-3H3,(H,27,29). The number of hydrogen-bond acceptors (Lipinski definition) is 4. The van der Waals surface area contributed by atoms with E-state index in [1.165, 1.54) is 5.56 Å². The van der Waals surface area contributed by atoms with Gasteiger partial charge in [-0.15, -0.1) is 0 Å². The molecule has 1 amide bonds. The molecule has 0 saturated carbocycles. The molecule has 0 radical (unpaired) electrons. The van der Waals surface area contributed by atoms with E-state index in [0.29, 0.717) is 46.5 Å². The van der Waals surface area contributed by atoms with Crippen molar-refractivity contribution in [2.24, 2.45) is 0 Å². The molecule has 0 aliphatic rings. The van der Waals surface area contributed by atoms with Crippen LogP contribution < -0.4 is 10.1 Å². The summed E-state index contributed by atoms with van der Waals surface area (Å²) in [5, 5.41) is 2.92. The summed E-state index contributed by atoms with van der Waals surface area (Å²) in [6, 6.07) is 18.9. The molecule has 4 aromatic rings. The number of ether oxygens (including phenoxy) is 1. The zero-order chi connectivity index (χ0) is 22.0. The van der Waals surface area contributed by atoms with Crippen LogP contribution in [0.3, 0.4) is 0 Å². The van der Waals surface area contributed by atoms with Crippen molar-refractivity contribution in [1.82, 2.24) is 4.98 Å². The molecule has 0 aliphatic heterocycles. The SMILES string of the molecule is CCOc1ccc(C(=O)Nc2ccc3oc(-c4ccc(C(C)C)cc4)nc3c2)cc1Br. The minimum absolute atomic E-state index is 0.212. The molecule has 0 saturated heterocycles. The molecule has 1 aromatic heterocycles. The van der Waals surface area contributed by atoms with Crippen LogP contribution in [0.25, 0.3) is 22.6 Å². The number of halogens is 1. The van der Waals surface area contributed by atoms with E-state index in [4.69, 9.17) is 9.15 Å². The van der Waals surface area contributed by atoms with E-state index in [1.807, 2.05) is 31.2 Å². The summed E-state index contributed by atoms with van der Waals surface area (Å²) in [5.74, 6) is 1.53. The Bertz CT molecular complexity index is 1230. The summed E-state index contributed by atoms with van der Waals surface area (Å²) < 4.78 is 12.1. The number of fused-ring (bicyclic) bond motifs is 1. The number of carbonyl (C=O) groups excluding carboxylic acids is 1. The highest BCUT2D eigenvalue weighted by Crippen LogP contribution is 2.29. The van der Waals surface area contributed by atoms with Gasteiger partial charge in [-0.1, -0.05) is 26.0 Å². The van der Waals surface area contributed by atoms with Crippen LogP contribution in [0.15, 0.2) is 69.6 Å². The lowest BCUT2D eigenvalue weighted by Gasteiger charge is -2.09. The predicted molar refractivity (Wildman–Crippen MR) is 127 cm³/mol. The zero-order valence-electron chi connectivity index (χ0n) is 17.6. The van der Waals surface area contributed by atoms with E-state index in [-0.39, 0.29) is 5.91 Å². The maximum absolute atomic E-state index is 12.7. The van der Waals surface area contributed by atoms with E-state index in [9.17, 15) is 4.79 Å². The number of nitrogens with one attached hydrogen (secondary N) is 1. The van der Waals surface area contributed by atoms with Gasteiger partial charge < -0.3 is 14.5 Å². The molecule has 0 bridgehead atoms. The lowest BCUT2D eigenvalue weighted by molar-refractivity contribution is 0.102. The van der Waals surface area contributed by atoms with Crippen LogP contribution in [-0.2, 0) is 0 Å². The van der Waals surface area contributed by atoms with Crippen molar-refractivity contribution >= 4 is 38.6 Å². The molecule has 3 aromatic carbocycles. The maximum Gasteiger partial charge on any atom is 0.255 e. The Labute approximate surface area is 189 Å². The summed E-state index contributed by atoms with van der Waals surface area (Å²) in [5.41, 5.74) is 4.73. The molecule has 4 rings (SSSR count). The molecule has 0 atom stereocenters. The number of benzene rings is 3. The summed E-state index contributed by atoms with van der Waals surface area (Å²) in [6.45, 7) is 6.80. The number of rotatable bonds is 6. The Morgan fingerprint density at radius 1 is 1.10 bits per heavy atom. The third kappa shape index (κ3) is 4.64. The van der Waals surface area contributed by atoms with Crippen LogP contribution in [0, 0.1) is 0 Å². The molecule has 1 N–H and O–H groups in total. The quantitative estimate of drug-likeness (QED) is 0.322. The average Bonchev–Trinajstić information content (AvgIpc) is 3.18. The third-order valence-electron chi connectivity index (χ3n) is 4.96. The van der Waals surface area contributed by atoms with Crippen molar-refractivity contribution in [3.63, 3.8) is 0 Å². The highest BCUT2D eigenvalue weighted by Gasteiger charge is 2.13. The van der Waals surface area contributed by atoms with Gasteiger partial charge in [-0.05, 0) is 82.9 Å². The van der Waals surface area contributed by atoms with Crippen LogP contribution in [0.5, 0.6) is 5.75 Å². The predicted octanol–water partition coefficient (Wildman–Crippen LogP) is 7.03. The number of anilines is 1. The van der Waals surface area contributed by atoms with Crippen LogP contribution in [0.2, 0.25) is 0 Å². The van der Waals surface area contributed by atoms with Crippen molar-refractivity contribution in [3.8, 4) is 17.2 Å². The molecular formula is C25H23BrN2O3. The smallest absolute Gasteiger partial charge is 0.255 e.